The number of nitrogens with zero attached hydrogens (tertiary/aromatic N) is 1. The fraction of sp³-hybridized carbons (Fsp3) is 0.667. The topological polar surface area (TPSA) is 15.3 Å². The fourth-order valence-corrected chi connectivity index (χ4v) is 2.66. The first kappa shape index (κ1) is 18.5. The Morgan fingerprint density at radius 3 is 2.24 bits per heavy atom. The number of hydrogen-bond acceptors (Lipinski definition) is 3. The van der Waals surface area contributed by atoms with Gasteiger partial charge >= 0.3 is 0 Å². The lowest BCUT2D eigenvalue weighted by atomic mass is 10.1. The monoisotopic (exact) mass is 308 g/mol. The molecule has 0 radical (unpaired) electrons. The van der Waals surface area contributed by atoms with Gasteiger partial charge < -0.3 is 5.32 Å². The van der Waals surface area contributed by atoms with Crippen LogP contribution in [0, 0.1) is 0 Å². The third-order valence-corrected chi connectivity index (χ3v) is 4.41. The van der Waals surface area contributed by atoms with Gasteiger partial charge in [0.05, 0.1) is 0 Å². The van der Waals surface area contributed by atoms with Crippen molar-refractivity contribution in [1.82, 2.24) is 10.2 Å². The minimum absolute atomic E-state index is 0.172. The Bertz CT molecular complexity index is 395. The maximum Gasteiger partial charge on any atom is 0.0233 e. The smallest absolute Gasteiger partial charge is 0.0233 e. The number of rotatable bonds is 8. The van der Waals surface area contributed by atoms with Crippen molar-refractivity contribution in [2.45, 2.75) is 58.8 Å². The van der Waals surface area contributed by atoms with E-state index in [0.717, 1.165) is 13.1 Å². The van der Waals surface area contributed by atoms with Crippen LogP contribution in [0.1, 0.15) is 45.2 Å². The Labute approximate surface area is 135 Å². The highest BCUT2D eigenvalue weighted by atomic mass is 32.2. The third kappa shape index (κ3) is 7.89. The standard InChI is InChI=1S/C18H32N2S/c1-15(11-12-21-6)20(5)14-17-9-7-16(8-10-17)13-19-18(2,3)4/h7-10,15,19H,11-14H2,1-6H3. The molecule has 21 heavy (non-hydrogen) atoms. The van der Waals surface area contributed by atoms with Crippen LogP contribution in [-0.2, 0) is 13.1 Å². The van der Waals surface area contributed by atoms with E-state index in [1.807, 2.05) is 11.8 Å². The summed E-state index contributed by atoms with van der Waals surface area (Å²) in [6.07, 6.45) is 3.43. The van der Waals surface area contributed by atoms with E-state index in [0.29, 0.717) is 6.04 Å². The van der Waals surface area contributed by atoms with Crippen molar-refractivity contribution in [3.63, 3.8) is 0 Å². The van der Waals surface area contributed by atoms with Crippen molar-refractivity contribution < 1.29 is 0 Å². The summed E-state index contributed by atoms with van der Waals surface area (Å²) in [6.45, 7) is 10.9. The van der Waals surface area contributed by atoms with E-state index in [4.69, 9.17) is 0 Å². The summed E-state index contributed by atoms with van der Waals surface area (Å²) in [5, 5.41) is 3.53. The molecule has 0 aliphatic carbocycles. The second kappa shape index (κ2) is 8.82. The highest BCUT2D eigenvalue weighted by Crippen LogP contribution is 2.12. The lowest BCUT2D eigenvalue weighted by Gasteiger charge is -2.25. The Morgan fingerprint density at radius 1 is 1.14 bits per heavy atom. The molecule has 0 saturated heterocycles. The van der Waals surface area contributed by atoms with E-state index < -0.39 is 0 Å². The molecule has 1 aromatic carbocycles. The SMILES string of the molecule is CSCCC(C)N(C)Cc1ccc(CNC(C)(C)C)cc1. The minimum Gasteiger partial charge on any atom is -0.308 e. The summed E-state index contributed by atoms with van der Waals surface area (Å²) in [5.74, 6) is 1.24. The van der Waals surface area contributed by atoms with Crippen molar-refractivity contribution in [2.24, 2.45) is 0 Å². The van der Waals surface area contributed by atoms with E-state index in [1.165, 1.54) is 23.3 Å². The molecule has 1 rings (SSSR count). The normalized spacial score (nSPS) is 13.7. The van der Waals surface area contributed by atoms with Crippen LogP contribution in [0.5, 0.6) is 0 Å². The molecule has 2 nitrogen and oxygen atoms in total. The van der Waals surface area contributed by atoms with E-state index in [2.05, 4.69) is 75.5 Å². The maximum atomic E-state index is 3.53. The van der Waals surface area contributed by atoms with Gasteiger partial charge in [0.15, 0.2) is 0 Å². The molecule has 0 aromatic heterocycles. The second-order valence-corrected chi connectivity index (χ2v) is 7.95. The van der Waals surface area contributed by atoms with Crippen LogP contribution in [0.2, 0.25) is 0 Å². The van der Waals surface area contributed by atoms with Crippen molar-refractivity contribution >= 4 is 11.8 Å². The zero-order valence-electron chi connectivity index (χ0n) is 14.6. The summed E-state index contributed by atoms with van der Waals surface area (Å²) in [5.41, 5.74) is 2.92. The first-order valence-corrected chi connectivity index (χ1v) is 9.23. The zero-order chi connectivity index (χ0) is 15.9. The van der Waals surface area contributed by atoms with Gasteiger partial charge in [-0.2, -0.15) is 11.8 Å². The maximum absolute atomic E-state index is 3.53. The largest absolute Gasteiger partial charge is 0.308 e. The fourth-order valence-electron chi connectivity index (χ4n) is 2.08. The van der Waals surface area contributed by atoms with E-state index in [-0.39, 0.29) is 5.54 Å². The molecule has 1 atom stereocenters. The predicted octanol–water partition coefficient (Wildman–Crippen LogP) is 4.15. The van der Waals surface area contributed by atoms with Crippen molar-refractivity contribution in [3.05, 3.63) is 35.4 Å². The highest BCUT2D eigenvalue weighted by molar-refractivity contribution is 7.98. The molecule has 0 heterocycles. The molecule has 120 valence electrons. The first-order chi connectivity index (χ1) is 9.81. The summed E-state index contributed by atoms with van der Waals surface area (Å²) in [7, 11) is 2.22. The van der Waals surface area contributed by atoms with Crippen LogP contribution in [0.4, 0.5) is 0 Å². The molecule has 0 bridgehead atoms. The van der Waals surface area contributed by atoms with E-state index in [9.17, 15) is 0 Å². The molecular weight excluding hydrogens is 276 g/mol. The average molecular weight is 309 g/mol. The van der Waals surface area contributed by atoms with E-state index in [1.54, 1.807) is 0 Å². The molecule has 0 saturated carbocycles. The molecule has 1 aromatic rings. The highest BCUT2D eigenvalue weighted by Gasteiger charge is 2.10. The van der Waals surface area contributed by atoms with Gasteiger partial charge in [0.2, 0.25) is 0 Å². The predicted molar refractivity (Wildman–Crippen MR) is 97.0 cm³/mol. The molecule has 0 amide bonds. The van der Waals surface area contributed by atoms with Gasteiger partial charge in [-0.3, -0.25) is 4.90 Å². The Hall–Kier alpha value is -0.510. The number of benzene rings is 1. The van der Waals surface area contributed by atoms with Crippen LogP contribution in [-0.4, -0.2) is 35.5 Å². The first-order valence-electron chi connectivity index (χ1n) is 7.84. The van der Waals surface area contributed by atoms with Crippen LogP contribution in [0.25, 0.3) is 0 Å². The summed E-state index contributed by atoms with van der Waals surface area (Å²) in [4.78, 5) is 2.44. The molecule has 3 heteroatoms. The average Bonchev–Trinajstić information content (AvgIpc) is 2.43. The van der Waals surface area contributed by atoms with Crippen molar-refractivity contribution in [3.8, 4) is 0 Å². The summed E-state index contributed by atoms with van der Waals surface area (Å²) >= 11 is 1.93. The van der Waals surface area contributed by atoms with Crippen LogP contribution in [0.3, 0.4) is 0 Å². The Kier molecular flexibility index (Phi) is 7.78. The van der Waals surface area contributed by atoms with Gasteiger partial charge in [-0.15, -0.1) is 0 Å². The third-order valence-electron chi connectivity index (χ3n) is 3.77. The van der Waals surface area contributed by atoms with Crippen LogP contribution >= 0.6 is 11.8 Å². The van der Waals surface area contributed by atoms with Gasteiger partial charge in [0.1, 0.15) is 0 Å². The molecule has 0 aliphatic heterocycles. The molecule has 0 aliphatic rings. The quantitative estimate of drug-likeness (QED) is 0.777. The molecule has 1 unspecified atom stereocenters. The number of nitrogens with one attached hydrogen (secondary N) is 1. The van der Waals surface area contributed by atoms with Crippen molar-refractivity contribution in [2.75, 3.05) is 19.1 Å². The Balaban J connectivity index is 2.46. The number of hydrogen-bond donors (Lipinski definition) is 1. The Morgan fingerprint density at radius 2 is 1.71 bits per heavy atom. The van der Waals surface area contributed by atoms with Gasteiger partial charge in [-0.1, -0.05) is 24.3 Å². The second-order valence-electron chi connectivity index (χ2n) is 6.97. The van der Waals surface area contributed by atoms with Crippen molar-refractivity contribution in [1.29, 1.82) is 0 Å². The molecule has 0 fully saturated rings. The van der Waals surface area contributed by atoms with Gasteiger partial charge in [0.25, 0.3) is 0 Å². The van der Waals surface area contributed by atoms with Gasteiger partial charge in [0, 0.05) is 24.7 Å². The zero-order valence-corrected chi connectivity index (χ0v) is 15.4. The number of thioether (sulfide) groups is 1. The molecule has 0 spiro atoms. The molecule has 1 N–H and O–H groups in total. The van der Waals surface area contributed by atoms with Gasteiger partial charge in [-0.05, 0) is 64.3 Å². The van der Waals surface area contributed by atoms with Crippen LogP contribution < -0.4 is 5.32 Å². The molecular formula is C18H32N2S. The van der Waals surface area contributed by atoms with Crippen LogP contribution in [0.15, 0.2) is 24.3 Å². The van der Waals surface area contributed by atoms with E-state index >= 15 is 0 Å². The lowest BCUT2D eigenvalue weighted by molar-refractivity contribution is 0.245. The minimum atomic E-state index is 0.172. The lowest BCUT2D eigenvalue weighted by Crippen LogP contribution is -2.35. The van der Waals surface area contributed by atoms with Gasteiger partial charge in [-0.25, -0.2) is 0 Å². The summed E-state index contributed by atoms with van der Waals surface area (Å²) < 4.78 is 0. The summed E-state index contributed by atoms with van der Waals surface area (Å²) in [6, 6.07) is 9.65.